The highest BCUT2D eigenvalue weighted by atomic mass is 35.5. The van der Waals surface area contributed by atoms with Crippen LogP contribution < -0.4 is 14.8 Å². The second-order valence-corrected chi connectivity index (χ2v) is 9.06. The molecule has 2 unspecified atom stereocenters. The minimum Gasteiger partial charge on any atom is -0.454 e. The van der Waals surface area contributed by atoms with Crippen LogP contribution in [0.25, 0.3) is 0 Å². The Morgan fingerprint density at radius 3 is 2.67 bits per heavy atom. The van der Waals surface area contributed by atoms with Gasteiger partial charge in [-0.2, -0.15) is 0 Å². The summed E-state index contributed by atoms with van der Waals surface area (Å²) in [5.74, 6) is 3.01. The van der Waals surface area contributed by atoms with Crippen LogP contribution in [-0.2, 0) is 11.3 Å². The van der Waals surface area contributed by atoms with Crippen LogP contribution in [0.2, 0.25) is 0 Å². The molecular formula is C19H22ClNO3. The van der Waals surface area contributed by atoms with E-state index in [1.807, 2.05) is 18.2 Å². The van der Waals surface area contributed by atoms with E-state index in [0.29, 0.717) is 18.4 Å². The van der Waals surface area contributed by atoms with Crippen molar-refractivity contribution < 1.29 is 14.3 Å². The Labute approximate surface area is 146 Å². The van der Waals surface area contributed by atoms with E-state index in [4.69, 9.17) is 21.1 Å². The van der Waals surface area contributed by atoms with Crippen molar-refractivity contribution >= 4 is 17.5 Å². The fourth-order valence-corrected chi connectivity index (χ4v) is 6.53. The lowest BCUT2D eigenvalue weighted by Gasteiger charge is -2.59. The zero-order valence-corrected chi connectivity index (χ0v) is 14.4. The van der Waals surface area contributed by atoms with Crippen molar-refractivity contribution in [1.82, 2.24) is 5.32 Å². The molecule has 1 amide bonds. The molecule has 4 aliphatic carbocycles. The van der Waals surface area contributed by atoms with E-state index in [2.05, 4.69) is 5.32 Å². The van der Waals surface area contributed by atoms with Crippen LogP contribution in [0.5, 0.6) is 11.5 Å². The normalized spacial score (nSPS) is 38.4. The van der Waals surface area contributed by atoms with E-state index in [-0.39, 0.29) is 23.0 Å². The van der Waals surface area contributed by atoms with Gasteiger partial charge in [0.1, 0.15) is 0 Å². The summed E-state index contributed by atoms with van der Waals surface area (Å²) in [6.07, 6.45) is 6.35. The number of halogens is 1. The fraction of sp³-hybridized carbons (Fsp3) is 0.632. The lowest BCUT2D eigenvalue weighted by Crippen LogP contribution is -2.58. The molecule has 5 aliphatic rings. The Morgan fingerprint density at radius 2 is 1.92 bits per heavy atom. The van der Waals surface area contributed by atoms with Gasteiger partial charge in [-0.05, 0) is 68.1 Å². The number of fused-ring (bicyclic) bond motifs is 1. The van der Waals surface area contributed by atoms with Crippen molar-refractivity contribution in [2.75, 3.05) is 6.79 Å². The van der Waals surface area contributed by atoms with Gasteiger partial charge in [-0.1, -0.05) is 6.07 Å². The highest BCUT2D eigenvalue weighted by Crippen LogP contribution is 2.63. The summed E-state index contributed by atoms with van der Waals surface area (Å²) >= 11 is 6.84. The monoisotopic (exact) mass is 347 g/mol. The van der Waals surface area contributed by atoms with Crippen LogP contribution >= 0.6 is 11.6 Å². The molecule has 1 N–H and O–H groups in total. The molecule has 4 saturated carbocycles. The highest BCUT2D eigenvalue weighted by Gasteiger charge is 2.59. The van der Waals surface area contributed by atoms with Crippen LogP contribution in [0, 0.1) is 17.3 Å². The maximum atomic E-state index is 13.0. The maximum absolute atomic E-state index is 13.0. The lowest BCUT2D eigenvalue weighted by molar-refractivity contribution is -0.144. The van der Waals surface area contributed by atoms with Crippen LogP contribution in [-0.4, -0.2) is 17.6 Å². The summed E-state index contributed by atoms with van der Waals surface area (Å²) in [5, 5.41) is 3.17. The fourth-order valence-electron chi connectivity index (χ4n) is 5.84. The Balaban J connectivity index is 1.30. The van der Waals surface area contributed by atoms with E-state index in [0.717, 1.165) is 49.2 Å². The number of amides is 1. The van der Waals surface area contributed by atoms with Crippen LogP contribution in [0.3, 0.4) is 0 Å². The molecule has 1 aromatic carbocycles. The number of hydrogen-bond acceptors (Lipinski definition) is 3. The van der Waals surface area contributed by atoms with Gasteiger partial charge in [0, 0.05) is 11.4 Å². The number of hydrogen-bond donors (Lipinski definition) is 1. The first-order valence-corrected chi connectivity index (χ1v) is 9.27. The van der Waals surface area contributed by atoms with E-state index < -0.39 is 0 Å². The molecule has 6 rings (SSSR count). The topological polar surface area (TPSA) is 47.6 Å². The molecule has 1 heterocycles. The summed E-state index contributed by atoms with van der Waals surface area (Å²) in [6, 6.07) is 5.84. The molecule has 4 bridgehead atoms. The summed E-state index contributed by atoms with van der Waals surface area (Å²) in [5.41, 5.74) is 0.806. The van der Waals surface area contributed by atoms with Crippen molar-refractivity contribution in [3.8, 4) is 11.5 Å². The highest BCUT2D eigenvalue weighted by molar-refractivity contribution is 6.24. The SMILES string of the molecule is O=C(NCc1ccc2c(c1)OCO2)C12C[C@@H]3C[C@@H](CC(Cl)(C3)C1)C2. The number of carbonyl (C=O) groups is 1. The average Bonchev–Trinajstić information content (AvgIpc) is 2.97. The van der Waals surface area contributed by atoms with E-state index in [1.165, 1.54) is 6.42 Å². The second kappa shape index (κ2) is 5.04. The number of rotatable bonds is 3. The Morgan fingerprint density at radius 1 is 1.17 bits per heavy atom. The standard InChI is InChI=1S/C19H22ClNO3/c20-19-7-13-3-14(8-19)6-18(5-13,10-19)17(22)21-9-12-1-2-15-16(4-12)24-11-23-15/h1-2,4,13-14H,3,5-11H2,(H,21,22)/t13-,14+,18?,19?. The van der Waals surface area contributed by atoms with Crippen LogP contribution in [0.4, 0.5) is 0 Å². The molecule has 1 aromatic rings. The summed E-state index contributed by atoms with van der Waals surface area (Å²) < 4.78 is 10.7. The zero-order valence-electron chi connectivity index (χ0n) is 13.6. The number of benzene rings is 1. The molecule has 4 atom stereocenters. The summed E-state index contributed by atoms with van der Waals surface area (Å²) in [4.78, 5) is 12.9. The van der Waals surface area contributed by atoms with Gasteiger partial charge in [-0.15, -0.1) is 11.6 Å². The van der Waals surface area contributed by atoms with Gasteiger partial charge < -0.3 is 14.8 Å². The van der Waals surface area contributed by atoms with Crippen molar-refractivity contribution in [3.05, 3.63) is 23.8 Å². The number of carbonyl (C=O) groups excluding carboxylic acids is 1. The van der Waals surface area contributed by atoms with Gasteiger partial charge in [0.05, 0.1) is 5.41 Å². The minimum atomic E-state index is -0.234. The van der Waals surface area contributed by atoms with Crippen molar-refractivity contribution in [2.24, 2.45) is 17.3 Å². The van der Waals surface area contributed by atoms with Crippen molar-refractivity contribution in [1.29, 1.82) is 0 Å². The Hall–Kier alpha value is -1.42. The number of ether oxygens (including phenoxy) is 2. The van der Waals surface area contributed by atoms with Gasteiger partial charge in [-0.25, -0.2) is 0 Å². The first-order chi connectivity index (χ1) is 11.5. The third-order valence-corrected chi connectivity index (χ3v) is 6.80. The Kier molecular flexibility index (Phi) is 3.13. The molecule has 0 spiro atoms. The Bertz CT molecular complexity index is 690. The summed E-state index contributed by atoms with van der Waals surface area (Å²) in [7, 11) is 0. The third-order valence-electron chi connectivity index (χ3n) is 6.36. The molecule has 5 heteroatoms. The molecule has 4 nitrogen and oxygen atoms in total. The van der Waals surface area contributed by atoms with Crippen LogP contribution in [0.1, 0.15) is 44.1 Å². The minimum absolute atomic E-state index is 0.125. The quantitative estimate of drug-likeness (QED) is 0.850. The molecule has 1 aliphatic heterocycles. The predicted octanol–water partition coefficient (Wildman–Crippen LogP) is 3.61. The van der Waals surface area contributed by atoms with Gasteiger partial charge >= 0.3 is 0 Å². The third kappa shape index (κ3) is 2.30. The number of nitrogens with one attached hydrogen (secondary N) is 1. The van der Waals surface area contributed by atoms with Gasteiger partial charge in [0.15, 0.2) is 11.5 Å². The predicted molar refractivity (Wildman–Crippen MR) is 90.1 cm³/mol. The van der Waals surface area contributed by atoms with E-state index in [9.17, 15) is 4.79 Å². The summed E-state index contributed by atoms with van der Waals surface area (Å²) in [6.45, 7) is 0.802. The lowest BCUT2D eigenvalue weighted by atomic mass is 9.49. The second-order valence-electron chi connectivity index (χ2n) is 8.26. The molecule has 0 aromatic heterocycles. The van der Waals surface area contributed by atoms with Crippen LogP contribution in [0.15, 0.2) is 18.2 Å². The first-order valence-electron chi connectivity index (χ1n) is 8.89. The molecule has 0 saturated heterocycles. The number of alkyl halides is 1. The largest absolute Gasteiger partial charge is 0.454 e. The van der Waals surface area contributed by atoms with Gasteiger partial charge in [0.25, 0.3) is 0 Å². The molecule has 128 valence electrons. The first kappa shape index (κ1) is 14.9. The van der Waals surface area contributed by atoms with Crippen molar-refractivity contribution in [3.63, 3.8) is 0 Å². The van der Waals surface area contributed by atoms with Gasteiger partial charge in [-0.3, -0.25) is 4.79 Å². The molecule has 4 fully saturated rings. The average molecular weight is 348 g/mol. The maximum Gasteiger partial charge on any atom is 0.231 e. The smallest absolute Gasteiger partial charge is 0.231 e. The van der Waals surface area contributed by atoms with E-state index >= 15 is 0 Å². The van der Waals surface area contributed by atoms with Crippen molar-refractivity contribution in [2.45, 2.75) is 49.9 Å². The zero-order chi connectivity index (χ0) is 16.4. The van der Waals surface area contributed by atoms with E-state index in [1.54, 1.807) is 0 Å². The molecule has 24 heavy (non-hydrogen) atoms. The van der Waals surface area contributed by atoms with Gasteiger partial charge in [0.2, 0.25) is 12.7 Å². The molecule has 0 radical (unpaired) electrons. The molecular weight excluding hydrogens is 326 g/mol.